The number of ether oxygens (including phenoxy) is 1. The van der Waals surface area contributed by atoms with Gasteiger partial charge in [-0.2, -0.15) is 0 Å². The number of alkyl halides is 3. The van der Waals surface area contributed by atoms with Gasteiger partial charge in [0.05, 0.1) is 18.1 Å². The van der Waals surface area contributed by atoms with Gasteiger partial charge in [0.15, 0.2) is 15.8 Å². The Bertz CT molecular complexity index is 742. The predicted molar refractivity (Wildman–Crippen MR) is 108 cm³/mol. The van der Waals surface area contributed by atoms with Crippen molar-refractivity contribution in [2.45, 2.75) is 26.3 Å². The van der Waals surface area contributed by atoms with Crippen LogP contribution < -0.4 is 15.4 Å². The van der Waals surface area contributed by atoms with Crippen molar-refractivity contribution in [3.63, 3.8) is 0 Å². The maximum absolute atomic E-state index is 12.5. The Labute approximate surface area is 173 Å². The zero-order chi connectivity index (χ0) is 19.2. The molecule has 2 N–H and O–H groups in total. The number of benzene rings is 1. The van der Waals surface area contributed by atoms with E-state index in [4.69, 9.17) is 0 Å². The van der Waals surface area contributed by atoms with Gasteiger partial charge in [-0.15, -0.1) is 37.1 Å². The molecule has 1 aliphatic rings. The van der Waals surface area contributed by atoms with Crippen LogP contribution in [0.15, 0.2) is 29.3 Å². The third kappa shape index (κ3) is 8.54. The molecule has 6 nitrogen and oxygen atoms in total. The summed E-state index contributed by atoms with van der Waals surface area (Å²) in [5.41, 5.74) is 0.297. The van der Waals surface area contributed by atoms with E-state index in [2.05, 4.69) is 20.4 Å². The first-order valence-corrected chi connectivity index (χ1v) is 10.1. The molecule has 1 aliphatic heterocycles. The lowest BCUT2D eigenvalue weighted by Crippen LogP contribution is -2.40. The van der Waals surface area contributed by atoms with E-state index >= 15 is 0 Å². The van der Waals surface area contributed by atoms with Crippen molar-refractivity contribution in [1.82, 2.24) is 10.6 Å². The molecular weight excluding hydrogens is 498 g/mol. The molecule has 1 fully saturated rings. The maximum Gasteiger partial charge on any atom is 0.573 e. The van der Waals surface area contributed by atoms with Gasteiger partial charge >= 0.3 is 6.36 Å². The van der Waals surface area contributed by atoms with E-state index in [1.54, 1.807) is 6.07 Å². The molecule has 0 spiro atoms. The average molecular weight is 521 g/mol. The number of nitrogens with zero attached hydrogens (tertiary/aromatic N) is 1. The standard InChI is InChI=1S/C16H22F3N3O3S.HI/c1-2-20-15(21-9-12-7-8-26(23,24)11-12)22-10-13-5-3-4-6-14(13)25-16(17,18)19;/h3-6,12H,2,7-11H2,1H3,(H2,20,21,22);1H. The van der Waals surface area contributed by atoms with Crippen LogP contribution in [0.2, 0.25) is 0 Å². The normalized spacial score (nSPS) is 19.3. The quantitative estimate of drug-likeness (QED) is 0.342. The van der Waals surface area contributed by atoms with E-state index in [1.165, 1.54) is 18.2 Å². The summed E-state index contributed by atoms with van der Waals surface area (Å²) in [6.07, 6.45) is -4.17. The average Bonchev–Trinajstić information content (AvgIpc) is 2.89. The van der Waals surface area contributed by atoms with Crippen molar-refractivity contribution < 1.29 is 26.3 Å². The van der Waals surface area contributed by atoms with Crippen LogP contribution >= 0.6 is 24.0 Å². The maximum atomic E-state index is 12.5. The highest BCUT2D eigenvalue weighted by atomic mass is 127. The number of nitrogens with one attached hydrogen (secondary N) is 2. The fourth-order valence-electron chi connectivity index (χ4n) is 2.64. The fraction of sp³-hybridized carbons (Fsp3) is 0.562. The summed E-state index contributed by atoms with van der Waals surface area (Å²) in [4.78, 5) is 4.27. The van der Waals surface area contributed by atoms with Crippen LogP contribution in [-0.2, 0) is 16.4 Å². The molecule has 0 aliphatic carbocycles. The Hall–Kier alpha value is -1.24. The molecule has 11 heteroatoms. The molecule has 0 aromatic heterocycles. The number of guanidine groups is 1. The van der Waals surface area contributed by atoms with Gasteiger partial charge in [0.1, 0.15) is 5.75 Å². The van der Waals surface area contributed by atoms with Gasteiger partial charge in [0.25, 0.3) is 0 Å². The Morgan fingerprint density at radius 2 is 2.00 bits per heavy atom. The van der Waals surface area contributed by atoms with E-state index < -0.39 is 16.2 Å². The van der Waals surface area contributed by atoms with Crippen molar-refractivity contribution in [3.05, 3.63) is 29.8 Å². The molecule has 0 bridgehead atoms. The third-order valence-corrected chi connectivity index (χ3v) is 5.67. The van der Waals surface area contributed by atoms with Gasteiger partial charge in [-0.1, -0.05) is 18.2 Å². The fourth-order valence-corrected chi connectivity index (χ4v) is 4.50. The third-order valence-electron chi connectivity index (χ3n) is 3.83. The van der Waals surface area contributed by atoms with Crippen molar-refractivity contribution in [3.8, 4) is 5.75 Å². The number of aliphatic imine (C=N–C) groups is 1. The van der Waals surface area contributed by atoms with Crippen LogP contribution in [0.4, 0.5) is 13.2 Å². The first kappa shape index (κ1) is 23.8. The molecule has 1 saturated heterocycles. The van der Waals surface area contributed by atoms with Gasteiger partial charge in [-0.05, 0) is 25.3 Å². The molecule has 154 valence electrons. The number of rotatable bonds is 6. The molecule has 1 unspecified atom stereocenters. The minimum absolute atomic E-state index is 0. The summed E-state index contributed by atoms with van der Waals surface area (Å²) in [6.45, 7) is 2.85. The lowest BCUT2D eigenvalue weighted by Gasteiger charge is -2.15. The molecule has 2 rings (SSSR count). The molecule has 0 amide bonds. The van der Waals surface area contributed by atoms with E-state index in [9.17, 15) is 21.6 Å². The summed E-state index contributed by atoms with van der Waals surface area (Å²) in [5, 5.41) is 6.04. The van der Waals surface area contributed by atoms with Gasteiger partial charge in [0.2, 0.25) is 0 Å². The first-order valence-electron chi connectivity index (χ1n) is 8.25. The van der Waals surface area contributed by atoms with Crippen LogP contribution in [-0.4, -0.2) is 45.3 Å². The van der Waals surface area contributed by atoms with E-state index in [-0.39, 0.29) is 53.7 Å². The Morgan fingerprint density at radius 3 is 2.59 bits per heavy atom. The molecule has 0 radical (unpaired) electrons. The molecule has 1 atom stereocenters. The zero-order valence-corrected chi connectivity index (χ0v) is 17.9. The van der Waals surface area contributed by atoms with Crippen LogP contribution in [0.1, 0.15) is 18.9 Å². The summed E-state index contributed by atoms with van der Waals surface area (Å²) in [7, 11) is -2.96. The van der Waals surface area contributed by atoms with Crippen molar-refractivity contribution >= 4 is 39.8 Å². The summed E-state index contributed by atoms with van der Waals surface area (Å²) < 4.78 is 64.4. The zero-order valence-electron chi connectivity index (χ0n) is 14.8. The Balaban J connectivity index is 0.00000364. The van der Waals surface area contributed by atoms with Gasteiger partial charge in [-0.25, -0.2) is 13.4 Å². The van der Waals surface area contributed by atoms with Crippen LogP contribution in [0.25, 0.3) is 0 Å². The molecular formula is C16H23F3IN3O3S. The minimum Gasteiger partial charge on any atom is -0.405 e. The van der Waals surface area contributed by atoms with E-state index in [0.29, 0.717) is 31.0 Å². The number of para-hydroxylation sites is 1. The Kier molecular flexibility index (Phi) is 9.12. The van der Waals surface area contributed by atoms with Gasteiger partial charge < -0.3 is 15.4 Å². The van der Waals surface area contributed by atoms with Crippen LogP contribution in [0.5, 0.6) is 5.75 Å². The topological polar surface area (TPSA) is 79.8 Å². The molecule has 27 heavy (non-hydrogen) atoms. The van der Waals surface area contributed by atoms with E-state index in [1.807, 2.05) is 6.92 Å². The van der Waals surface area contributed by atoms with Crippen molar-refractivity contribution in [2.24, 2.45) is 10.9 Å². The molecule has 0 saturated carbocycles. The molecule has 1 aromatic rings. The highest BCUT2D eigenvalue weighted by molar-refractivity contribution is 14.0. The highest BCUT2D eigenvalue weighted by Gasteiger charge is 2.32. The monoisotopic (exact) mass is 521 g/mol. The second-order valence-corrected chi connectivity index (χ2v) is 8.23. The number of hydrogen-bond acceptors (Lipinski definition) is 4. The lowest BCUT2D eigenvalue weighted by atomic mass is 10.1. The Morgan fingerprint density at radius 1 is 1.30 bits per heavy atom. The smallest absolute Gasteiger partial charge is 0.405 e. The first-order chi connectivity index (χ1) is 12.2. The van der Waals surface area contributed by atoms with Crippen LogP contribution in [0.3, 0.4) is 0 Å². The van der Waals surface area contributed by atoms with Crippen molar-refractivity contribution in [1.29, 1.82) is 0 Å². The lowest BCUT2D eigenvalue weighted by molar-refractivity contribution is -0.274. The minimum atomic E-state index is -4.77. The summed E-state index contributed by atoms with van der Waals surface area (Å²) in [6, 6.07) is 5.82. The summed E-state index contributed by atoms with van der Waals surface area (Å²) >= 11 is 0. The van der Waals surface area contributed by atoms with Gasteiger partial charge in [-0.3, -0.25) is 0 Å². The van der Waals surface area contributed by atoms with Crippen molar-refractivity contribution in [2.75, 3.05) is 24.6 Å². The highest BCUT2D eigenvalue weighted by Crippen LogP contribution is 2.26. The second-order valence-electron chi connectivity index (χ2n) is 6.00. The molecule has 1 heterocycles. The number of halogens is 4. The number of hydrogen-bond donors (Lipinski definition) is 2. The summed E-state index contributed by atoms with van der Waals surface area (Å²) in [5.74, 6) is 0.460. The van der Waals surface area contributed by atoms with Gasteiger partial charge in [0, 0.05) is 18.7 Å². The van der Waals surface area contributed by atoms with Crippen LogP contribution in [0, 0.1) is 5.92 Å². The van der Waals surface area contributed by atoms with E-state index in [0.717, 1.165) is 0 Å². The predicted octanol–water partition coefficient (Wildman–Crippen LogP) is 2.69. The molecule has 1 aromatic carbocycles. The number of sulfone groups is 1. The SMILES string of the molecule is CCNC(=NCc1ccccc1OC(F)(F)F)NCC1CCS(=O)(=O)C1.I. The second kappa shape index (κ2) is 10.3. The largest absolute Gasteiger partial charge is 0.573 e.